The van der Waals surface area contributed by atoms with Crippen LogP contribution in [-0.2, 0) is 6.61 Å². The third kappa shape index (κ3) is 3.49. The number of halogens is 1. The number of nitrogens with zero attached hydrogens (tertiary/aromatic N) is 2. The minimum absolute atomic E-state index is 0.362. The van der Waals surface area contributed by atoms with Crippen molar-refractivity contribution in [1.29, 1.82) is 0 Å². The Morgan fingerprint density at radius 2 is 1.76 bits per heavy atom. The molecule has 0 fully saturated rings. The molecule has 1 heterocycles. The molecule has 21 heavy (non-hydrogen) atoms. The first-order chi connectivity index (χ1) is 10.2. The van der Waals surface area contributed by atoms with E-state index in [1.807, 2.05) is 48.5 Å². The second-order valence-corrected chi connectivity index (χ2v) is 5.63. The van der Waals surface area contributed by atoms with Crippen molar-refractivity contribution >= 4 is 15.9 Å². The number of aromatic amines is 1. The normalized spacial score (nSPS) is 10.6. The van der Waals surface area contributed by atoms with Crippen LogP contribution in [0.4, 0.5) is 0 Å². The second kappa shape index (κ2) is 6.10. The lowest BCUT2D eigenvalue weighted by Gasteiger charge is -2.03. The van der Waals surface area contributed by atoms with E-state index in [4.69, 9.17) is 4.74 Å². The first kappa shape index (κ1) is 13.8. The van der Waals surface area contributed by atoms with Crippen molar-refractivity contribution in [2.24, 2.45) is 0 Å². The van der Waals surface area contributed by atoms with Crippen LogP contribution in [0, 0.1) is 6.92 Å². The molecule has 2 aromatic carbocycles. The molecule has 0 saturated carbocycles. The first-order valence-electron chi connectivity index (χ1n) is 6.57. The van der Waals surface area contributed by atoms with E-state index in [1.165, 1.54) is 5.56 Å². The lowest BCUT2D eigenvalue weighted by Crippen LogP contribution is -1.97. The quantitative estimate of drug-likeness (QED) is 0.775. The van der Waals surface area contributed by atoms with E-state index in [2.05, 4.69) is 38.0 Å². The molecule has 0 bridgehead atoms. The fraction of sp³-hybridized carbons (Fsp3) is 0.125. The van der Waals surface area contributed by atoms with E-state index in [-0.39, 0.29) is 0 Å². The number of hydrogen-bond acceptors (Lipinski definition) is 3. The zero-order valence-corrected chi connectivity index (χ0v) is 13.1. The Bertz CT molecular complexity index is 720. The zero-order valence-electron chi connectivity index (χ0n) is 11.5. The van der Waals surface area contributed by atoms with Crippen LogP contribution in [0.5, 0.6) is 5.75 Å². The van der Waals surface area contributed by atoms with Gasteiger partial charge in [0.1, 0.15) is 12.4 Å². The van der Waals surface area contributed by atoms with Crippen LogP contribution in [0.3, 0.4) is 0 Å². The average molecular weight is 344 g/mol. The predicted molar refractivity (Wildman–Crippen MR) is 85.0 cm³/mol. The van der Waals surface area contributed by atoms with Gasteiger partial charge in [0.15, 0.2) is 11.6 Å². The molecular formula is C16H14BrN3O. The summed E-state index contributed by atoms with van der Waals surface area (Å²) in [5, 5.41) is 7.12. The number of ether oxygens (including phenoxy) is 1. The minimum atomic E-state index is 0.362. The van der Waals surface area contributed by atoms with Crippen LogP contribution in [-0.4, -0.2) is 15.2 Å². The molecule has 1 N–H and O–H groups in total. The van der Waals surface area contributed by atoms with E-state index < -0.39 is 0 Å². The summed E-state index contributed by atoms with van der Waals surface area (Å²) in [5.41, 5.74) is 2.21. The molecule has 0 aliphatic heterocycles. The van der Waals surface area contributed by atoms with E-state index in [1.54, 1.807) is 0 Å². The Morgan fingerprint density at radius 3 is 2.48 bits per heavy atom. The van der Waals surface area contributed by atoms with Crippen molar-refractivity contribution in [3.63, 3.8) is 0 Å². The summed E-state index contributed by atoms with van der Waals surface area (Å²) in [5.74, 6) is 2.18. The van der Waals surface area contributed by atoms with Gasteiger partial charge in [0.25, 0.3) is 0 Å². The Balaban J connectivity index is 1.67. The first-order valence-corrected chi connectivity index (χ1v) is 7.37. The number of H-pyrrole nitrogens is 1. The Morgan fingerprint density at radius 1 is 1.05 bits per heavy atom. The number of rotatable bonds is 4. The predicted octanol–water partition coefficient (Wildman–Crippen LogP) is 4.12. The summed E-state index contributed by atoms with van der Waals surface area (Å²) in [4.78, 5) is 4.44. The molecule has 0 atom stereocenters. The van der Waals surface area contributed by atoms with Gasteiger partial charge < -0.3 is 4.74 Å². The third-order valence-corrected chi connectivity index (χ3v) is 3.56. The monoisotopic (exact) mass is 343 g/mol. The lowest BCUT2D eigenvalue weighted by molar-refractivity contribution is 0.296. The maximum absolute atomic E-state index is 5.66. The summed E-state index contributed by atoms with van der Waals surface area (Å²) >= 11 is 3.39. The molecule has 5 heteroatoms. The molecule has 3 aromatic rings. The van der Waals surface area contributed by atoms with Crippen LogP contribution in [0.2, 0.25) is 0 Å². The van der Waals surface area contributed by atoms with Gasteiger partial charge >= 0.3 is 0 Å². The van der Waals surface area contributed by atoms with Gasteiger partial charge in [-0.2, -0.15) is 5.10 Å². The summed E-state index contributed by atoms with van der Waals surface area (Å²) in [6.07, 6.45) is 0. The largest absolute Gasteiger partial charge is 0.486 e. The lowest BCUT2D eigenvalue weighted by atomic mass is 10.1. The number of nitrogens with one attached hydrogen (secondary N) is 1. The maximum Gasteiger partial charge on any atom is 0.181 e. The van der Waals surface area contributed by atoms with Gasteiger partial charge in [-0.05, 0) is 31.2 Å². The van der Waals surface area contributed by atoms with Gasteiger partial charge in [-0.15, -0.1) is 0 Å². The number of aromatic nitrogens is 3. The minimum Gasteiger partial charge on any atom is -0.486 e. The van der Waals surface area contributed by atoms with Gasteiger partial charge in [-0.3, -0.25) is 5.10 Å². The van der Waals surface area contributed by atoms with Crippen molar-refractivity contribution in [3.8, 4) is 17.1 Å². The van der Waals surface area contributed by atoms with Gasteiger partial charge in [-0.1, -0.05) is 45.8 Å². The van der Waals surface area contributed by atoms with Crippen molar-refractivity contribution in [2.75, 3.05) is 0 Å². The molecule has 0 amide bonds. The van der Waals surface area contributed by atoms with E-state index >= 15 is 0 Å². The van der Waals surface area contributed by atoms with E-state index in [0.29, 0.717) is 18.3 Å². The van der Waals surface area contributed by atoms with E-state index in [0.717, 1.165) is 15.8 Å². The van der Waals surface area contributed by atoms with Gasteiger partial charge in [-0.25, -0.2) is 4.98 Å². The molecule has 106 valence electrons. The smallest absolute Gasteiger partial charge is 0.181 e. The highest BCUT2D eigenvalue weighted by Gasteiger charge is 2.06. The highest BCUT2D eigenvalue weighted by atomic mass is 79.9. The standard InChI is InChI=1S/C16H14BrN3O/c1-11-2-4-12(5-3-11)16-18-15(19-20-16)10-21-14-8-6-13(17)7-9-14/h2-9H,10H2,1H3,(H,18,19,20). The summed E-state index contributed by atoms with van der Waals surface area (Å²) in [6.45, 7) is 2.42. The van der Waals surface area contributed by atoms with Gasteiger partial charge in [0, 0.05) is 10.0 Å². The molecule has 0 unspecified atom stereocenters. The van der Waals surface area contributed by atoms with Crippen LogP contribution >= 0.6 is 15.9 Å². The van der Waals surface area contributed by atoms with E-state index in [9.17, 15) is 0 Å². The Kier molecular flexibility index (Phi) is 4.01. The number of hydrogen-bond donors (Lipinski definition) is 1. The number of benzene rings is 2. The molecular weight excluding hydrogens is 330 g/mol. The fourth-order valence-corrected chi connectivity index (χ4v) is 2.14. The summed E-state index contributed by atoms with van der Waals surface area (Å²) in [6, 6.07) is 15.8. The van der Waals surface area contributed by atoms with Crippen LogP contribution in [0.25, 0.3) is 11.4 Å². The summed E-state index contributed by atoms with van der Waals surface area (Å²) < 4.78 is 6.69. The third-order valence-electron chi connectivity index (χ3n) is 3.03. The average Bonchev–Trinajstić information content (AvgIpc) is 2.96. The SMILES string of the molecule is Cc1ccc(-c2n[nH]c(COc3ccc(Br)cc3)n2)cc1. The molecule has 0 aliphatic carbocycles. The second-order valence-electron chi connectivity index (χ2n) is 4.71. The maximum atomic E-state index is 5.66. The van der Waals surface area contributed by atoms with Gasteiger partial charge in [0.2, 0.25) is 0 Å². The molecule has 0 saturated heterocycles. The highest BCUT2D eigenvalue weighted by Crippen LogP contribution is 2.18. The molecule has 0 aliphatic rings. The molecule has 0 spiro atoms. The topological polar surface area (TPSA) is 50.8 Å². The Hall–Kier alpha value is -2.14. The van der Waals surface area contributed by atoms with Crippen molar-refractivity contribution in [1.82, 2.24) is 15.2 Å². The highest BCUT2D eigenvalue weighted by molar-refractivity contribution is 9.10. The van der Waals surface area contributed by atoms with Crippen LogP contribution < -0.4 is 4.74 Å². The van der Waals surface area contributed by atoms with Crippen LogP contribution in [0.15, 0.2) is 53.0 Å². The van der Waals surface area contributed by atoms with Crippen LogP contribution in [0.1, 0.15) is 11.4 Å². The molecule has 1 aromatic heterocycles. The molecule has 0 radical (unpaired) electrons. The molecule has 4 nitrogen and oxygen atoms in total. The van der Waals surface area contributed by atoms with Gasteiger partial charge in [0.05, 0.1) is 0 Å². The van der Waals surface area contributed by atoms with Crippen molar-refractivity contribution in [3.05, 3.63) is 64.4 Å². The fourth-order valence-electron chi connectivity index (χ4n) is 1.87. The summed E-state index contributed by atoms with van der Waals surface area (Å²) in [7, 11) is 0. The zero-order chi connectivity index (χ0) is 14.7. The number of aryl methyl sites for hydroxylation is 1. The molecule has 3 rings (SSSR count). The van der Waals surface area contributed by atoms with Crippen molar-refractivity contribution < 1.29 is 4.74 Å². The Labute approximate surface area is 131 Å². The van der Waals surface area contributed by atoms with Crippen molar-refractivity contribution in [2.45, 2.75) is 13.5 Å².